The summed E-state index contributed by atoms with van der Waals surface area (Å²) in [5, 5.41) is 3.87. The van der Waals surface area contributed by atoms with Crippen LogP contribution in [0.4, 0.5) is 8.78 Å². The van der Waals surface area contributed by atoms with E-state index in [0.717, 1.165) is 10.1 Å². The zero-order chi connectivity index (χ0) is 17.3. The second-order valence-electron chi connectivity index (χ2n) is 5.25. The number of halogens is 2. The van der Waals surface area contributed by atoms with Gasteiger partial charge in [-0.2, -0.15) is 5.10 Å². The number of carbonyl (C=O) groups is 1. The van der Waals surface area contributed by atoms with Gasteiger partial charge in [-0.25, -0.2) is 23.1 Å². The van der Waals surface area contributed by atoms with Crippen LogP contribution >= 0.6 is 0 Å². The lowest BCUT2D eigenvalue weighted by Gasteiger charge is -2.08. The Morgan fingerprint density at radius 2 is 2.00 bits per heavy atom. The van der Waals surface area contributed by atoms with Gasteiger partial charge in [-0.1, -0.05) is 29.8 Å². The summed E-state index contributed by atoms with van der Waals surface area (Å²) in [4.78, 5) is 16.3. The van der Waals surface area contributed by atoms with Crippen LogP contribution in [0.2, 0.25) is 0 Å². The molecule has 0 amide bonds. The Balaban J connectivity index is 2.22. The number of ether oxygens (including phenoxy) is 1. The van der Waals surface area contributed by atoms with Crippen molar-refractivity contribution in [2.45, 2.75) is 20.3 Å². The number of alkyl halides is 2. The van der Waals surface area contributed by atoms with Crippen LogP contribution in [0.15, 0.2) is 36.5 Å². The molecule has 0 unspecified atom stereocenters. The molecule has 124 valence electrons. The van der Waals surface area contributed by atoms with Crippen LogP contribution in [0.5, 0.6) is 0 Å². The average molecular weight is 331 g/mol. The zero-order valence-electron chi connectivity index (χ0n) is 13.2. The number of hydrogen-bond acceptors (Lipinski definition) is 4. The lowest BCUT2D eigenvalue weighted by molar-refractivity contribution is 0.0528. The van der Waals surface area contributed by atoms with Crippen LogP contribution in [-0.2, 0) is 4.74 Å². The van der Waals surface area contributed by atoms with E-state index in [2.05, 4.69) is 10.1 Å². The molecule has 5 nitrogen and oxygen atoms in total. The summed E-state index contributed by atoms with van der Waals surface area (Å²) >= 11 is 0. The number of carbonyl (C=O) groups excluding carboxylic acids is 1. The van der Waals surface area contributed by atoms with Gasteiger partial charge in [0, 0.05) is 5.56 Å². The summed E-state index contributed by atoms with van der Waals surface area (Å²) in [5.41, 5.74) is 1.87. The Morgan fingerprint density at radius 3 is 2.62 bits per heavy atom. The molecule has 0 atom stereocenters. The molecule has 0 aliphatic rings. The monoisotopic (exact) mass is 331 g/mol. The summed E-state index contributed by atoms with van der Waals surface area (Å²) in [6, 6.07) is 8.61. The minimum absolute atomic E-state index is 0.0572. The Kier molecular flexibility index (Phi) is 4.24. The quantitative estimate of drug-likeness (QED) is 0.682. The van der Waals surface area contributed by atoms with Crippen molar-refractivity contribution in [2.24, 2.45) is 0 Å². The van der Waals surface area contributed by atoms with Gasteiger partial charge in [0.2, 0.25) is 0 Å². The normalized spacial score (nSPS) is 11.2. The van der Waals surface area contributed by atoms with Gasteiger partial charge in [0.25, 0.3) is 6.43 Å². The predicted molar refractivity (Wildman–Crippen MR) is 84.1 cm³/mol. The first kappa shape index (κ1) is 16.0. The molecule has 2 aromatic heterocycles. The van der Waals surface area contributed by atoms with Gasteiger partial charge in [-0.3, -0.25) is 0 Å². The molecule has 1 aromatic carbocycles. The average Bonchev–Trinajstić information content (AvgIpc) is 2.98. The highest BCUT2D eigenvalue weighted by atomic mass is 19.3. The van der Waals surface area contributed by atoms with Crippen molar-refractivity contribution >= 4 is 11.6 Å². The minimum atomic E-state index is -2.75. The lowest BCUT2D eigenvalue weighted by atomic mass is 10.1. The minimum Gasteiger partial charge on any atom is -0.462 e. The van der Waals surface area contributed by atoms with Crippen LogP contribution < -0.4 is 0 Å². The van der Waals surface area contributed by atoms with E-state index in [1.165, 1.54) is 12.3 Å². The van der Waals surface area contributed by atoms with E-state index < -0.39 is 12.4 Å². The molecule has 0 bridgehead atoms. The topological polar surface area (TPSA) is 56.5 Å². The maximum atomic E-state index is 13.4. The fraction of sp³-hybridized carbons (Fsp3) is 0.235. The Hall–Kier alpha value is -2.83. The number of hydrogen-bond donors (Lipinski definition) is 0. The highest BCUT2D eigenvalue weighted by molar-refractivity contribution is 5.96. The largest absolute Gasteiger partial charge is 0.462 e. The van der Waals surface area contributed by atoms with Crippen LogP contribution in [0, 0.1) is 6.92 Å². The highest BCUT2D eigenvalue weighted by Crippen LogP contribution is 2.27. The van der Waals surface area contributed by atoms with Crippen molar-refractivity contribution in [1.29, 1.82) is 0 Å². The third-order valence-electron chi connectivity index (χ3n) is 3.57. The molecule has 0 saturated carbocycles. The van der Waals surface area contributed by atoms with Crippen LogP contribution in [0.1, 0.15) is 35.0 Å². The third-order valence-corrected chi connectivity index (χ3v) is 3.57. The van der Waals surface area contributed by atoms with Crippen LogP contribution in [0.3, 0.4) is 0 Å². The van der Waals surface area contributed by atoms with E-state index in [9.17, 15) is 13.6 Å². The summed E-state index contributed by atoms with van der Waals surface area (Å²) in [6.45, 7) is 3.77. The van der Waals surface area contributed by atoms with Crippen LogP contribution in [-0.4, -0.2) is 27.2 Å². The van der Waals surface area contributed by atoms with Gasteiger partial charge in [0.05, 0.1) is 18.5 Å². The number of rotatable bonds is 4. The molecule has 2 heterocycles. The molecular weight excluding hydrogens is 316 g/mol. The third kappa shape index (κ3) is 2.84. The molecule has 0 saturated heterocycles. The molecule has 0 N–H and O–H groups in total. The standard InChI is InChI=1S/C17H15F2N3O2/c1-3-24-17(23)12-9-20-22-14(15(18)19)8-13(21-16(12)22)11-6-4-10(2)5-7-11/h4-9,15H,3H2,1-2H3. The Morgan fingerprint density at radius 1 is 1.29 bits per heavy atom. The number of esters is 1. The molecule has 0 radical (unpaired) electrons. The molecule has 0 aliphatic carbocycles. The van der Waals surface area contributed by atoms with Gasteiger partial charge in [0.15, 0.2) is 5.65 Å². The molecule has 0 aliphatic heterocycles. The van der Waals surface area contributed by atoms with Crippen molar-refractivity contribution in [2.75, 3.05) is 6.61 Å². The van der Waals surface area contributed by atoms with E-state index in [1.807, 2.05) is 19.1 Å². The van der Waals surface area contributed by atoms with Crippen molar-refractivity contribution in [3.05, 3.63) is 53.3 Å². The maximum absolute atomic E-state index is 13.4. The highest BCUT2D eigenvalue weighted by Gasteiger charge is 2.22. The number of nitrogens with zero attached hydrogens (tertiary/aromatic N) is 3. The first-order valence-electron chi connectivity index (χ1n) is 7.42. The molecule has 3 aromatic rings. The van der Waals surface area contributed by atoms with E-state index in [0.29, 0.717) is 11.3 Å². The summed E-state index contributed by atoms with van der Waals surface area (Å²) in [6.07, 6.45) is -1.56. The van der Waals surface area contributed by atoms with E-state index in [-0.39, 0.29) is 23.5 Å². The van der Waals surface area contributed by atoms with Gasteiger partial charge < -0.3 is 4.74 Å². The second kappa shape index (κ2) is 6.35. The van der Waals surface area contributed by atoms with Crippen molar-refractivity contribution in [3.8, 4) is 11.3 Å². The summed E-state index contributed by atoms with van der Waals surface area (Å²) < 4.78 is 32.7. The van der Waals surface area contributed by atoms with Crippen LogP contribution in [0.25, 0.3) is 16.9 Å². The first-order chi connectivity index (χ1) is 11.5. The van der Waals surface area contributed by atoms with Gasteiger partial charge in [0.1, 0.15) is 11.3 Å². The first-order valence-corrected chi connectivity index (χ1v) is 7.42. The number of fused-ring (bicyclic) bond motifs is 1. The SMILES string of the molecule is CCOC(=O)c1cnn2c(C(F)F)cc(-c3ccc(C)cc3)nc12. The van der Waals surface area contributed by atoms with Crippen molar-refractivity contribution < 1.29 is 18.3 Å². The fourth-order valence-electron chi connectivity index (χ4n) is 2.37. The number of aromatic nitrogens is 3. The number of benzene rings is 1. The van der Waals surface area contributed by atoms with Crippen molar-refractivity contribution in [3.63, 3.8) is 0 Å². The zero-order valence-corrected chi connectivity index (χ0v) is 13.2. The fourth-order valence-corrected chi connectivity index (χ4v) is 2.37. The van der Waals surface area contributed by atoms with E-state index >= 15 is 0 Å². The molecule has 7 heteroatoms. The summed E-state index contributed by atoms with van der Waals surface area (Å²) in [5.74, 6) is -0.638. The van der Waals surface area contributed by atoms with Gasteiger partial charge in [-0.15, -0.1) is 0 Å². The number of aryl methyl sites for hydroxylation is 1. The molecule has 24 heavy (non-hydrogen) atoms. The van der Waals surface area contributed by atoms with Gasteiger partial charge >= 0.3 is 5.97 Å². The molecule has 3 rings (SSSR count). The molecule has 0 spiro atoms. The predicted octanol–water partition coefficient (Wildman–Crippen LogP) is 3.82. The molecule has 0 fully saturated rings. The smallest absolute Gasteiger partial charge is 0.343 e. The lowest BCUT2D eigenvalue weighted by Crippen LogP contribution is -2.07. The van der Waals surface area contributed by atoms with Crippen molar-refractivity contribution in [1.82, 2.24) is 14.6 Å². The van der Waals surface area contributed by atoms with E-state index in [1.54, 1.807) is 19.1 Å². The maximum Gasteiger partial charge on any atom is 0.343 e. The Labute approximate surface area is 136 Å². The second-order valence-corrected chi connectivity index (χ2v) is 5.25. The molecular formula is C17H15F2N3O2. The van der Waals surface area contributed by atoms with Gasteiger partial charge in [-0.05, 0) is 19.9 Å². The van der Waals surface area contributed by atoms with E-state index in [4.69, 9.17) is 4.74 Å². The Bertz CT molecular complexity index is 889. The summed E-state index contributed by atoms with van der Waals surface area (Å²) in [7, 11) is 0.